The van der Waals surface area contributed by atoms with Crippen LogP contribution >= 0.6 is 50.1 Å². The zero-order valence-electron chi connectivity index (χ0n) is 10.2. The Labute approximate surface area is 143 Å². The maximum atomic E-state index is 11.0. The highest BCUT2D eigenvalue weighted by molar-refractivity contribution is 14.1. The van der Waals surface area contributed by atoms with E-state index in [1.54, 1.807) is 18.2 Å². The highest BCUT2D eigenvalue weighted by Gasteiger charge is 2.18. The van der Waals surface area contributed by atoms with Crippen LogP contribution in [0.5, 0.6) is 0 Å². The van der Waals surface area contributed by atoms with Crippen LogP contribution in [0.3, 0.4) is 0 Å². The minimum atomic E-state index is -0.370. The summed E-state index contributed by atoms with van der Waals surface area (Å²) in [5.41, 5.74) is 1.73. The molecule has 0 saturated heterocycles. The Balaban J connectivity index is 2.30. The maximum Gasteiger partial charge on any atom is 0.272 e. The molecule has 1 unspecified atom stereocenters. The molecule has 0 aliphatic rings. The SMILES string of the molecule is O=[N+]([O-])c1ccccc1CC(Cl)c1cc(Br)ccc1I. The molecule has 0 spiro atoms. The lowest BCUT2D eigenvalue weighted by atomic mass is 10.0. The third kappa shape index (κ3) is 3.71. The fourth-order valence-corrected chi connectivity index (χ4v) is 3.54. The van der Waals surface area contributed by atoms with Gasteiger partial charge in [-0.05, 0) is 52.8 Å². The molecule has 0 N–H and O–H groups in total. The van der Waals surface area contributed by atoms with Gasteiger partial charge in [-0.1, -0.05) is 34.1 Å². The highest BCUT2D eigenvalue weighted by Crippen LogP contribution is 2.33. The first-order valence-electron chi connectivity index (χ1n) is 5.80. The monoisotopic (exact) mass is 465 g/mol. The van der Waals surface area contributed by atoms with E-state index in [-0.39, 0.29) is 16.0 Å². The summed E-state index contributed by atoms with van der Waals surface area (Å²) in [6.45, 7) is 0. The molecule has 2 aromatic carbocycles. The largest absolute Gasteiger partial charge is 0.272 e. The molecule has 6 heteroatoms. The summed E-state index contributed by atoms with van der Waals surface area (Å²) in [6, 6.07) is 12.6. The summed E-state index contributed by atoms with van der Waals surface area (Å²) in [5.74, 6) is 0. The number of benzene rings is 2. The quantitative estimate of drug-likeness (QED) is 0.259. The van der Waals surface area contributed by atoms with Gasteiger partial charge in [-0.2, -0.15) is 0 Å². The van der Waals surface area contributed by atoms with Gasteiger partial charge in [-0.3, -0.25) is 10.1 Å². The van der Waals surface area contributed by atoms with Crippen molar-refractivity contribution in [1.29, 1.82) is 0 Å². The van der Waals surface area contributed by atoms with E-state index >= 15 is 0 Å². The van der Waals surface area contributed by atoms with Crippen molar-refractivity contribution >= 4 is 55.8 Å². The van der Waals surface area contributed by atoms with Crippen LogP contribution in [0.25, 0.3) is 0 Å². The normalized spacial score (nSPS) is 12.2. The molecule has 1 atom stereocenters. The summed E-state index contributed by atoms with van der Waals surface area (Å²) in [6.07, 6.45) is 0.422. The molecule has 2 rings (SSSR count). The lowest BCUT2D eigenvalue weighted by Crippen LogP contribution is -2.02. The van der Waals surface area contributed by atoms with Gasteiger partial charge in [-0.15, -0.1) is 11.6 Å². The Kier molecular flexibility index (Phi) is 5.40. The number of rotatable bonds is 4. The van der Waals surface area contributed by atoms with Gasteiger partial charge in [0, 0.05) is 19.7 Å². The molecule has 2 aromatic rings. The van der Waals surface area contributed by atoms with Gasteiger partial charge in [0.25, 0.3) is 5.69 Å². The molecule has 0 saturated carbocycles. The second kappa shape index (κ2) is 6.87. The van der Waals surface area contributed by atoms with Crippen molar-refractivity contribution in [1.82, 2.24) is 0 Å². The number of nitrogens with zero attached hydrogens (tertiary/aromatic N) is 1. The van der Waals surface area contributed by atoms with E-state index in [1.807, 2.05) is 18.2 Å². The molecule has 104 valence electrons. The lowest BCUT2D eigenvalue weighted by molar-refractivity contribution is -0.385. The molecule has 3 nitrogen and oxygen atoms in total. The first-order chi connectivity index (χ1) is 9.49. The third-order valence-corrected chi connectivity index (χ3v) is 4.75. The molecule has 0 aliphatic heterocycles. The molecule has 0 fully saturated rings. The predicted octanol–water partition coefficient (Wildman–Crippen LogP) is 5.48. The average molecular weight is 466 g/mol. The standard InChI is InChI=1S/C14H10BrClINO2/c15-10-5-6-13(17)11(8-10)12(16)7-9-3-1-2-4-14(9)18(19)20/h1-6,8,12H,7H2. The van der Waals surface area contributed by atoms with Gasteiger partial charge in [0.2, 0.25) is 0 Å². The summed E-state index contributed by atoms with van der Waals surface area (Å²) in [7, 11) is 0. The first kappa shape index (κ1) is 15.7. The van der Waals surface area contributed by atoms with Crippen molar-refractivity contribution in [2.45, 2.75) is 11.8 Å². The van der Waals surface area contributed by atoms with Crippen molar-refractivity contribution in [3.8, 4) is 0 Å². The topological polar surface area (TPSA) is 43.1 Å². The fraction of sp³-hybridized carbons (Fsp3) is 0.143. The molecule has 0 amide bonds. The van der Waals surface area contributed by atoms with Crippen LogP contribution in [-0.4, -0.2) is 4.92 Å². The zero-order valence-corrected chi connectivity index (χ0v) is 14.7. The molecule has 0 aromatic heterocycles. The highest BCUT2D eigenvalue weighted by atomic mass is 127. The molecular weight excluding hydrogens is 456 g/mol. The van der Waals surface area contributed by atoms with Crippen molar-refractivity contribution in [2.75, 3.05) is 0 Å². The second-order valence-corrected chi connectivity index (χ2v) is 6.83. The molecular formula is C14H10BrClINO2. The van der Waals surface area contributed by atoms with Crippen LogP contribution in [0, 0.1) is 13.7 Å². The van der Waals surface area contributed by atoms with Crippen LogP contribution < -0.4 is 0 Å². The summed E-state index contributed by atoms with van der Waals surface area (Å²) in [4.78, 5) is 10.6. The average Bonchev–Trinajstić information content (AvgIpc) is 2.41. The molecule has 20 heavy (non-hydrogen) atoms. The minimum Gasteiger partial charge on any atom is -0.258 e. The van der Waals surface area contributed by atoms with Crippen molar-refractivity contribution in [3.63, 3.8) is 0 Å². The lowest BCUT2D eigenvalue weighted by Gasteiger charge is -2.12. The summed E-state index contributed by atoms with van der Waals surface area (Å²) in [5, 5.41) is 10.7. The predicted molar refractivity (Wildman–Crippen MR) is 92.3 cm³/mol. The third-order valence-electron chi connectivity index (χ3n) is 2.88. The van der Waals surface area contributed by atoms with Gasteiger partial charge >= 0.3 is 0 Å². The second-order valence-electron chi connectivity index (χ2n) is 4.22. The smallest absolute Gasteiger partial charge is 0.258 e. The molecule has 0 aliphatic carbocycles. The van der Waals surface area contributed by atoms with Crippen LogP contribution in [0.1, 0.15) is 16.5 Å². The molecule has 0 radical (unpaired) electrons. The number of nitro groups is 1. The minimum absolute atomic E-state index is 0.114. The van der Waals surface area contributed by atoms with E-state index < -0.39 is 0 Å². The van der Waals surface area contributed by atoms with E-state index in [0.717, 1.165) is 13.6 Å². The van der Waals surface area contributed by atoms with Crippen LogP contribution in [0.15, 0.2) is 46.9 Å². The Hall–Kier alpha value is -0.660. The van der Waals surface area contributed by atoms with Crippen LogP contribution in [-0.2, 0) is 6.42 Å². The number of para-hydroxylation sites is 1. The molecule has 0 heterocycles. The Morgan fingerprint density at radius 1 is 1.30 bits per heavy atom. The number of halogens is 3. The number of hydrogen-bond donors (Lipinski definition) is 0. The van der Waals surface area contributed by atoms with Crippen LogP contribution in [0.4, 0.5) is 5.69 Å². The number of alkyl halides is 1. The Morgan fingerprint density at radius 3 is 2.70 bits per heavy atom. The van der Waals surface area contributed by atoms with E-state index in [2.05, 4.69) is 38.5 Å². The van der Waals surface area contributed by atoms with E-state index in [9.17, 15) is 10.1 Å². The summed E-state index contributed by atoms with van der Waals surface area (Å²) < 4.78 is 1.99. The van der Waals surface area contributed by atoms with Crippen molar-refractivity contribution < 1.29 is 4.92 Å². The van der Waals surface area contributed by atoms with E-state index in [1.165, 1.54) is 6.07 Å². The van der Waals surface area contributed by atoms with Gasteiger partial charge in [0.05, 0.1) is 10.3 Å². The zero-order chi connectivity index (χ0) is 14.7. The van der Waals surface area contributed by atoms with Gasteiger partial charge in [0.15, 0.2) is 0 Å². The fourth-order valence-electron chi connectivity index (χ4n) is 1.92. The van der Waals surface area contributed by atoms with Gasteiger partial charge in [0.1, 0.15) is 0 Å². The summed E-state index contributed by atoms with van der Waals surface area (Å²) >= 11 is 12.1. The maximum absolute atomic E-state index is 11.0. The Bertz CT molecular complexity index is 651. The number of hydrogen-bond acceptors (Lipinski definition) is 2. The van der Waals surface area contributed by atoms with Crippen LogP contribution in [0.2, 0.25) is 0 Å². The Morgan fingerprint density at radius 2 is 2.00 bits per heavy atom. The van der Waals surface area contributed by atoms with Gasteiger partial charge < -0.3 is 0 Å². The van der Waals surface area contributed by atoms with E-state index in [4.69, 9.17) is 11.6 Å². The van der Waals surface area contributed by atoms with Gasteiger partial charge in [-0.25, -0.2) is 0 Å². The number of nitro benzene ring substituents is 1. The van der Waals surface area contributed by atoms with Crippen molar-refractivity contribution in [3.05, 3.63) is 71.7 Å². The van der Waals surface area contributed by atoms with E-state index in [0.29, 0.717) is 12.0 Å². The van der Waals surface area contributed by atoms with Crippen molar-refractivity contribution in [2.24, 2.45) is 0 Å². The first-order valence-corrected chi connectivity index (χ1v) is 8.11. The molecule has 0 bridgehead atoms.